The third-order valence-corrected chi connectivity index (χ3v) is 3.73. The Labute approximate surface area is 121 Å². The van der Waals surface area contributed by atoms with E-state index >= 15 is 0 Å². The molecule has 2 heteroatoms. The molecule has 0 aromatic carbocycles. The first-order chi connectivity index (χ1) is 8.72. The van der Waals surface area contributed by atoms with Gasteiger partial charge in [0.15, 0.2) is 0 Å². The van der Waals surface area contributed by atoms with Gasteiger partial charge in [-0.2, -0.15) is 0 Å². The zero-order valence-electron chi connectivity index (χ0n) is 11.7. The maximum absolute atomic E-state index is 5.21. The average Bonchev–Trinajstić information content (AvgIpc) is 2.39. The molecule has 0 aromatic rings. The first kappa shape index (κ1) is 17.7. The van der Waals surface area contributed by atoms with Gasteiger partial charge in [0.25, 0.3) is 0 Å². The van der Waals surface area contributed by atoms with Crippen LogP contribution in [0.2, 0.25) is 0 Å². The zero-order chi connectivity index (χ0) is 13.6. The second kappa shape index (κ2) is 13.1. The summed E-state index contributed by atoms with van der Waals surface area (Å²) in [6, 6.07) is 0. The molecule has 0 aliphatic rings. The minimum atomic E-state index is 0.850. The fourth-order valence-corrected chi connectivity index (χ4v) is 2.03. The molecular weight excluding hydrogens is 260 g/mol. The Balaban J connectivity index is 3.19. The van der Waals surface area contributed by atoms with Gasteiger partial charge in [0, 0.05) is 0 Å². The molecule has 0 rings (SSSR count). The molecule has 1 nitrogen and oxygen atoms in total. The van der Waals surface area contributed by atoms with E-state index in [9.17, 15) is 0 Å². The Bertz CT molecular complexity index is 275. The van der Waals surface area contributed by atoms with Crippen molar-refractivity contribution in [3.8, 4) is 12.3 Å². The molecule has 0 aliphatic carbocycles. The van der Waals surface area contributed by atoms with Crippen molar-refractivity contribution in [3.05, 3.63) is 12.2 Å². The van der Waals surface area contributed by atoms with Crippen molar-refractivity contribution in [2.24, 2.45) is 0 Å². The van der Waals surface area contributed by atoms with Gasteiger partial charge >= 0.3 is 109 Å². The fourth-order valence-electron chi connectivity index (χ4n) is 1.87. The Morgan fingerprint density at radius 1 is 1.06 bits per heavy atom. The Morgan fingerprint density at radius 3 is 2.06 bits per heavy atom. The summed E-state index contributed by atoms with van der Waals surface area (Å²) in [5.41, 5.74) is 1.09. The van der Waals surface area contributed by atoms with Gasteiger partial charge in [-0.3, -0.25) is 0 Å². The first-order valence-corrected chi connectivity index (χ1v) is 7.55. The molecular formula is C16H26CrO. The van der Waals surface area contributed by atoms with Crippen molar-refractivity contribution < 1.29 is 20.6 Å². The second-order valence-corrected chi connectivity index (χ2v) is 5.21. The van der Waals surface area contributed by atoms with Crippen LogP contribution in [-0.4, -0.2) is 11.7 Å². The van der Waals surface area contributed by atoms with E-state index in [0.717, 1.165) is 23.0 Å². The van der Waals surface area contributed by atoms with Crippen molar-refractivity contribution >= 4 is 4.57 Å². The van der Waals surface area contributed by atoms with Crippen LogP contribution >= 0.6 is 0 Å². The van der Waals surface area contributed by atoms with E-state index in [2.05, 4.69) is 28.4 Å². The molecule has 0 heterocycles. The van der Waals surface area contributed by atoms with E-state index in [-0.39, 0.29) is 0 Å². The number of methoxy groups -OCH3 is 1. The third-order valence-electron chi connectivity index (χ3n) is 3.02. The van der Waals surface area contributed by atoms with Crippen LogP contribution in [0.1, 0.15) is 64.2 Å². The molecule has 0 bridgehead atoms. The second-order valence-electron chi connectivity index (χ2n) is 4.63. The number of ether oxygens (including phenoxy) is 1. The molecule has 0 saturated heterocycles. The first-order valence-electron chi connectivity index (χ1n) is 6.92. The molecule has 0 amide bonds. The summed E-state index contributed by atoms with van der Waals surface area (Å²) >= 11 is 2.89. The monoisotopic (exact) mass is 286 g/mol. The fraction of sp³-hybridized carbons (Fsp3) is 0.688. The number of hydrogen-bond donors (Lipinski definition) is 0. The van der Waals surface area contributed by atoms with Gasteiger partial charge in [0.1, 0.15) is 0 Å². The van der Waals surface area contributed by atoms with E-state index in [1.54, 1.807) is 7.11 Å². The number of unbranched alkanes of at least 4 members (excludes halogenated alkanes) is 8. The van der Waals surface area contributed by atoms with E-state index in [0.29, 0.717) is 0 Å². The minimum absolute atomic E-state index is 0.850. The topological polar surface area (TPSA) is 9.23 Å². The third kappa shape index (κ3) is 10.8. The quantitative estimate of drug-likeness (QED) is 0.382. The predicted octanol–water partition coefficient (Wildman–Crippen LogP) is 4.40. The van der Waals surface area contributed by atoms with Crippen molar-refractivity contribution in [1.29, 1.82) is 0 Å². The average molecular weight is 286 g/mol. The summed E-state index contributed by atoms with van der Waals surface area (Å²) in [5.74, 6) is 2.69. The van der Waals surface area contributed by atoms with E-state index in [4.69, 9.17) is 11.2 Å². The maximum atomic E-state index is 5.21. The summed E-state index contributed by atoms with van der Waals surface area (Å²) in [4.78, 5) is 0. The van der Waals surface area contributed by atoms with Crippen LogP contribution in [0.25, 0.3) is 0 Å². The molecule has 0 unspecified atom stereocenters. The van der Waals surface area contributed by atoms with Crippen molar-refractivity contribution in [2.45, 2.75) is 64.2 Å². The van der Waals surface area contributed by atoms with Gasteiger partial charge in [-0.05, 0) is 0 Å². The van der Waals surface area contributed by atoms with Gasteiger partial charge in [-0.1, -0.05) is 0 Å². The van der Waals surface area contributed by atoms with Crippen LogP contribution < -0.4 is 0 Å². The van der Waals surface area contributed by atoms with Crippen LogP contribution in [0, 0.1) is 12.3 Å². The summed E-state index contributed by atoms with van der Waals surface area (Å²) in [6.07, 6.45) is 17.5. The van der Waals surface area contributed by atoms with Crippen LogP contribution in [0.3, 0.4) is 0 Å². The van der Waals surface area contributed by atoms with Crippen LogP contribution in [0.15, 0.2) is 12.2 Å². The zero-order valence-corrected chi connectivity index (χ0v) is 12.9. The van der Waals surface area contributed by atoms with Crippen LogP contribution in [0.4, 0.5) is 0 Å². The number of terminal acetylenes is 1. The number of rotatable bonds is 12. The van der Waals surface area contributed by atoms with E-state index < -0.39 is 0 Å². The molecule has 102 valence electrons. The van der Waals surface area contributed by atoms with Crippen molar-refractivity contribution in [1.82, 2.24) is 0 Å². The molecule has 0 aromatic heterocycles. The summed E-state index contributed by atoms with van der Waals surface area (Å²) < 4.78 is 5.95. The molecule has 0 N–H and O–H groups in total. The summed E-state index contributed by atoms with van der Waals surface area (Å²) in [5, 5.41) is 0. The Hall–Kier alpha value is -0.338. The van der Waals surface area contributed by atoms with Gasteiger partial charge in [-0.25, -0.2) is 0 Å². The van der Waals surface area contributed by atoms with Crippen molar-refractivity contribution in [2.75, 3.05) is 7.11 Å². The normalized spacial score (nSPS) is 10.0. The number of hydrogen-bond acceptors (Lipinski definition) is 1. The van der Waals surface area contributed by atoms with Gasteiger partial charge in [-0.15, -0.1) is 12.3 Å². The molecule has 0 atom stereocenters. The molecule has 0 saturated carbocycles. The Kier molecular flexibility index (Phi) is 12.9. The summed E-state index contributed by atoms with van der Waals surface area (Å²) in [7, 11) is 1.68. The predicted molar refractivity (Wildman–Crippen MR) is 76.2 cm³/mol. The Morgan fingerprint density at radius 2 is 1.56 bits per heavy atom. The van der Waals surface area contributed by atoms with E-state index in [1.165, 1.54) is 51.4 Å². The van der Waals surface area contributed by atoms with Gasteiger partial charge < -0.3 is 0 Å². The molecule has 0 spiro atoms. The summed E-state index contributed by atoms with van der Waals surface area (Å²) in [6.45, 7) is 3.99. The SMILES string of the molecule is C#CCCCCCCCCCCC(=C)[C](=[Cr])OC. The van der Waals surface area contributed by atoms with Crippen LogP contribution in [0.5, 0.6) is 0 Å². The standard InChI is InChI=1S/C16H26O.Cr/c1-4-5-6-7-8-9-10-11-12-13-14-16(2)15-17-3;/h1H,2,5-14H2,3H3;. The van der Waals surface area contributed by atoms with Crippen molar-refractivity contribution in [3.63, 3.8) is 0 Å². The molecule has 18 heavy (non-hydrogen) atoms. The molecule has 0 radical (unpaired) electrons. The van der Waals surface area contributed by atoms with E-state index in [1.807, 2.05) is 0 Å². The molecule has 0 fully saturated rings. The van der Waals surface area contributed by atoms with Crippen LogP contribution in [-0.2, 0) is 20.6 Å². The van der Waals surface area contributed by atoms with Gasteiger partial charge in [0.05, 0.1) is 0 Å². The van der Waals surface area contributed by atoms with Gasteiger partial charge in [0.2, 0.25) is 0 Å². The molecule has 0 aliphatic heterocycles.